The summed E-state index contributed by atoms with van der Waals surface area (Å²) in [4.78, 5) is 37.1. The summed E-state index contributed by atoms with van der Waals surface area (Å²) in [5.41, 5.74) is 0. The van der Waals surface area contributed by atoms with Crippen molar-refractivity contribution in [3.63, 3.8) is 0 Å². The van der Waals surface area contributed by atoms with Crippen molar-refractivity contribution in [1.29, 1.82) is 0 Å². The summed E-state index contributed by atoms with van der Waals surface area (Å²) in [6.45, 7) is 4.80. The molecule has 1 N–H and O–H groups in total. The van der Waals surface area contributed by atoms with Crippen LogP contribution in [-0.4, -0.2) is 87.4 Å². The molecule has 0 bridgehead atoms. The van der Waals surface area contributed by atoms with Gasteiger partial charge in [0.05, 0.1) is 34.4 Å². The number of quaternary nitrogens is 1. The topological polar surface area (TPSA) is 108 Å². The molecule has 354 valence electrons. The molecule has 0 aliphatic heterocycles. The van der Waals surface area contributed by atoms with E-state index in [0.717, 1.165) is 77.0 Å². The number of rotatable bonds is 45. The van der Waals surface area contributed by atoms with Gasteiger partial charge >= 0.3 is 17.9 Å². The number of aliphatic carboxylic acids is 1. The van der Waals surface area contributed by atoms with E-state index in [9.17, 15) is 19.5 Å². The second-order valence-electron chi connectivity index (χ2n) is 17.8. The van der Waals surface area contributed by atoms with Crippen LogP contribution in [-0.2, 0) is 33.3 Å². The zero-order valence-corrected chi connectivity index (χ0v) is 40.1. The third-order valence-corrected chi connectivity index (χ3v) is 10.6. The summed E-state index contributed by atoms with van der Waals surface area (Å²) < 4.78 is 22.7. The maximum atomic E-state index is 12.8. The number of hydrogen-bond donors (Lipinski definition) is 1. The van der Waals surface area contributed by atoms with E-state index in [1.807, 2.05) is 21.1 Å². The number of carbonyl (C=O) groups is 3. The number of esters is 2. The van der Waals surface area contributed by atoms with Gasteiger partial charge in [-0.3, -0.25) is 9.59 Å². The molecule has 9 heteroatoms. The molecule has 0 saturated carbocycles. The zero-order chi connectivity index (χ0) is 44.9. The van der Waals surface area contributed by atoms with Crippen molar-refractivity contribution in [1.82, 2.24) is 0 Å². The lowest BCUT2D eigenvalue weighted by molar-refractivity contribution is -0.870. The van der Waals surface area contributed by atoms with Gasteiger partial charge in [0.25, 0.3) is 6.29 Å². The molecule has 2 atom stereocenters. The number of carbonyl (C=O) groups excluding carboxylic acids is 2. The van der Waals surface area contributed by atoms with Crippen LogP contribution in [0.5, 0.6) is 0 Å². The minimum Gasteiger partial charge on any atom is -0.477 e. The molecule has 0 heterocycles. The summed E-state index contributed by atoms with van der Waals surface area (Å²) in [5, 5.41) is 9.64. The highest BCUT2D eigenvalue weighted by Gasteiger charge is 2.25. The zero-order valence-electron chi connectivity index (χ0n) is 40.1. The number of allylic oxidation sites excluding steroid dienone is 8. The van der Waals surface area contributed by atoms with Crippen LogP contribution in [0.3, 0.4) is 0 Å². The Morgan fingerprint density at radius 2 is 0.902 bits per heavy atom. The number of nitrogens with zero attached hydrogens (tertiary/aromatic N) is 1. The maximum Gasteiger partial charge on any atom is 0.361 e. The molecule has 0 amide bonds. The van der Waals surface area contributed by atoms with Gasteiger partial charge in [-0.2, -0.15) is 0 Å². The molecule has 0 rings (SSSR count). The van der Waals surface area contributed by atoms with Crippen LogP contribution in [0.25, 0.3) is 0 Å². The molecule has 61 heavy (non-hydrogen) atoms. The van der Waals surface area contributed by atoms with Crippen molar-refractivity contribution in [2.24, 2.45) is 0 Å². The number of hydrogen-bond acceptors (Lipinski definition) is 7. The standard InChI is InChI=1S/C52H93NO8/c1-6-8-10-12-14-16-18-19-20-21-22-23-24-25-26-27-28-29-30-31-33-35-37-39-41-43-50(55)61-48(47-60-52(51(56)57)58-45-44-53(3,4)5)46-59-49(54)42-40-38-36-34-32-17-15-13-11-9-7-2/h13,15,18-19,21-22,24-25,48,52H,6-12,14,16-17,20,23,26-47H2,1-5H3/p+1/b15-13-,19-18-,22-21-,25-24-. The Balaban J connectivity index is 4.28. The van der Waals surface area contributed by atoms with Gasteiger partial charge in [-0.05, 0) is 70.6 Å². The van der Waals surface area contributed by atoms with Gasteiger partial charge in [0.1, 0.15) is 13.2 Å². The van der Waals surface area contributed by atoms with Gasteiger partial charge in [0.2, 0.25) is 0 Å². The Morgan fingerprint density at radius 3 is 1.38 bits per heavy atom. The Hall–Kier alpha value is -2.75. The first-order valence-electron chi connectivity index (χ1n) is 24.8. The van der Waals surface area contributed by atoms with Gasteiger partial charge in [0.15, 0.2) is 6.10 Å². The van der Waals surface area contributed by atoms with Crippen molar-refractivity contribution < 1.29 is 42.9 Å². The quantitative estimate of drug-likeness (QED) is 0.0212. The summed E-state index contributed by atoms with van der Waals surface area (Å²) in [7, 11) is 5.95. The van der Waals surface area contributed by atoms with E-state index in [1.54, 1.807) is 0 Å². The van der Waals surface area contributed by atoms with Crippen molar-refractivity contribution in [3.05, 3.63) is 48.6 Å². The summed E-state index contributed by atoms with van der Waals surface area (Å²) in [6, 6.07) is 0. The fraction of sp³-hybridized carbons (Fsp3) is 0.788. The van der Waals surface area contributed by atoms with E-state index in [2.05, 4.69) is 62.5 Å². The van der Waals surface area contributed by atoms with Gasteiger partial charge in [-0.15, -0.1) is 0 Å². The second-order valence-corrected chi connectivity index (χ2v) is 17.8. The first-order chi connectivity index (χ1) is 29.6. The Labute approximate surface area is 374 Å². The second kappa shape index (κ2) is 43.9. The summed E-state index contributed by atoms with van der Waals surface area (Å²) in [5.74, 6) is -2.02. The Bertz CT molecular complexity index is 1140. The number of unbranched alkanes of at least 4 members (excludes halogenated alkanes) is 22. The molecule has 0 saturated heterocycles. The molecule has 0 aromatic heterocycles. The average molecular weight is 861 g/mol. The number of likely N-dealkylation sites (N-methyl/N-ethyl adjacent to an activating group) is 1. The van der Waals surface area contributed by atoms with Gasteiger partial charge in [-0.1, -0.05) is 172 Å². The van der Waals surface area contributed by atoms with Crippen molar-refractivity contribution in [2.45, 2.75) is 219 Å². The van der Waals surface area contributed by atoms with E-state index >= 15 is 0 Å². The van der Waals surface area contributed by atoms with E-state index in [0.29, 0.717) is 17.4 Å². The smallest absolute Gasteiger partial charge is 0.361 e. The Kier molecular flexibility index (Phi) is 41.9. The normalized spacial score (nSPS) is 13.3. The SMILES string of the molecule is CCCC/C=C\CCCCCCCC(=O)OCC(COC(OCC[N+](C)(C)C)C(=O)O)OC(=O)CCCCCCCCCCCC/C=C\C/C=C\C/C=C\CCCCCCC. The van der Waals surface area contributed by atoms with Crippen LogP contribution in [0.1, 0.15) is 206 Å². The lowest BCUT2D eigenvalue weighted by atomic mass is 10.0. The van der Waals surface area contributed by atoms with Crippen LogP contribution in [0.4, 0.5) is 0 Å². The van der Waals surface area contributed by atoms with Crippen molar-refractivity contribution in [3.8, 4) is 0 Å². The molecule has 9 nitrogen and oxygen atoms in total. The highest BCUT2D eigenvalue weighted by atomic mass is 16.7. The molecule has 0 aromatic carbocycles. The van der Waals surface area contributed by atoms with Gasteiger partial charge in [-0.25, -0.2) is 4.79 Å². The molecule has 0 fully saturated rings. The fourth-order valence-corrected chi connectivity index (χ4v) is 6.65. The number of carboxylic acid groups (broad SMARTS) is 1. The first-order valence-corrected chi connectivity index (χ1v) is 24.8. The van der Waals surface area contributed by atoms with Crippen molar-refractivity contribution in [2.75, 3.05) is 47.5 Å². The van der Waals surface area contributed by atoms with Crippen LogP contribution >= 0.6 is 0 Å². The van der Waals surface area contributed by atoms with Crippen LogP contribution < -0.4 is 0 Å². The average Bonchev–Trinajstić information content (AvgIpc) is 3.22. The predicted octanol–water partition coefficient (Wildman–Crippen LogP) is 13.6. The van der Waals surface area contributed by atoms with Gasteiger partial charge < -0.3 is 28.5 Å². The monoisotopic (exact) mass is 861 g/mol. The van der Waals surface area contributed by atoms with Gasteiger partial charge in [0, 0.05) is 12.8 Å². The number of ether oxygens (including phenoxy) is 4. The summed E-state index contributed by atoms with van der Waals surface area (Å²) >= 11 is 0. The van der Waals surface area contributed by atoms with Crippen LogP contribution in [0, 0.1) is 0 Å². The first kappa shape index (κ1) is 58.2. The number of carboxylic acids is 1. The van der Waals surface area contributed by atoms with Crippen LogP contribution in [0.2, 0.25) is 0 Å². The lowest BCUT2D eigenvalue weighted by Gasteiger charge is -2.25. The minimum atomic E-state index is -1.51. The minimum absolute atomic E-state index is 0.184. The molecule has 0 spiro atoms. The van der Waals surface area contributed by atoms with E-state index in [4.69, 9.17) is 18.9 Å². The molecule has 2 unspecified atom stereocenters. The molecule has 0 aromatic rings. The van der Waals surface area contributed by atoms with E-state index in [1.165, 1.54) is 96.3 Å². The highest BCUT2D eigenvalue weighted by molar-refractivity contribution is 5.71. The highest BCUT2D eigenvalue weighted by Crippen LogP contribution is 2.14. The van der Waals surface area contributed by atoms with Crippen LogP contribution in [0.15, 0.2) is 48.6 Å². The fourth-order valence-electron chi connectivity index (χ4n) is 6.65. The molecular formula is C52H94NO8+. The molecule has 0 aliphatic carbocycles. The Morgan fingerprint density at radius 1 is 0.492 bits per heavy atom. The maximum absolute atomic E-state index is 12.8. The lowest BCUT2D eigenvalue weighted by Crippen LogP contribution is -2.40. The molecular weight excluding hydrogens is 767 g/mol. The molecule has 0 aliphatic rings. The summed E-state index contributed by atoms with van der Waals surface area (Å²) in [6.07, 6.45) is 48.9. The van der Waals surface area contributed by atoms with Crippen molar-refractivity contribution >= 4 is 17.9 Å². The van der Waals surface area contributed by atoms with E-state index in [-0.39, 0.29) is 38.6 Å². The largest absolute Gasteiger partial charge is 0.477 e. The molecule has 0 radical (unpaired) electrons. The predicted molar refractivity (Wildman–Crippen MR) is 253 cm³/mol. The van der Waals surface area contributed by atoms with E-state index < -0.39 is 24.3 Å². The third-order valence-electron chi connectivity index (χ3n) is 10.6. The third kappa shape index (κ3) is 45.1.